The number of hydrogen-bond acceptors (Lipinski definition) is 2. The van der Waals surface area contributed by atoms with Gasteiger partial charge in [-0.2, -0.15) is 0 Å². The Hall–Kier alpha value is -1.92. The number of carbonyl (C=O) groups excluding carboxylic acids is 2. The highest BCUT2D eigenvalue weighted by atomic mass is 16.2. The van der Waals surface area contributed by atoms with Crippen LogP contribution in [0.1, 0.15) is 38.3 Å². The Kier molecular flexibility index (Phi) is 7.39. The molecule has 4 N–H and O–H groups in total. The van der Waals surface area contributed by atoms with Crippen LogP contribution in [0.5, 0.6) is 0 Å². The molecule has 0 radical (unpaired) electrons. The van der Waals surface area contributed by atoms with Crippen molar-refractivity contribution in [2.45, 2.75) is 46.6 Å². The molecule has 1 fully saturated rings. The van der Waals surface area contributed by atoms with Gasteiger partial charge in [-0.15, -0.1) is 0 Å². The molecule has 2 amide bonds. The van der Waals surface area contributed by atoms with E-state index in [1.807, 2.05) is 32.0 Å². The van der Waals surface area contributed by atoms with Crippen LogP contribution in [0.3, 0.4) is 0 Å². The van der Waals surface area contributed by atoms with E-state index in [0.29, 0.717) is 13.1 Å². The number of rotatable bonds is 7. The van der Waals surface area contributed by atoms with Crippen LogP contribution in [-0.4, -0.2) is 56.6 Å². The molecule has 2 rings (SSSR count). The number of nitrogens with one attached hydrogen (secondary N) is 4. The van der Waals surface area contributed by atoms with E-state index in [-0.39, 0.29) is 17.4 Å². The summed E-state index contributed by atoms with van der Waals surface area (Å²) in [6, 6.07) is 6.04. The quantitative estimate of drug-likeness (QED) is 0.510. The smallest absolute Gasteiger partial charge is 0.279 e. The number of amides is 2. The second-order valence-electron chi connectivity index (χ2n) is 8.45. The summed E-state index contributed by atoms with van der Waals surface area (Å²) >= 11 is 0. The number of hydrogen-bond donors (Lipinski definition) is 4. The second-order valence-corrected chi connectivity index (χ2v) is 8.45. The summed E-state index contributed by atoms with van der Waals surface area (Å²) in [5.41, 5.74) is 2.97. The fourth-order valence-electron chi connectivity index (χ4n) is 3.47. The summed E-state index contributed by atoms with van der Waals surface area (Å²) < 4.78 is 0. The van der Waals surface area contributed by atoms with Crippen molar-refractivity contribution in [2.75, 3.05) is 44.6 Å². The van der Waals surface area contributed by atoms with Crippen molar-refractivity contribution in [3.63, 3.8) is 0 Å². The van der Waals surface area contributed by atoms with Crippen LogP contribution >= 0.6 is 0 Å². The van der Waals surface area contributed by atoms with Crippen molar-refractivity contribution in [3.8, 4) is 0 Å². The van der Waals surface area contributed by atoms with Gasteiger partial charge in [-0.3, -0.25) is 9.59 Å². The number of para-hydroxylation sites is 1. The first-order valence-electron chi connectivity index (χ1n) is 10.0. The molecule has 0 spiro atoms. The number of piperazine rings is 1. The highest BCUT2D eigenvalue weighted by Gasteiger charge is 2.28. The largest absolute Gasteiger partial charge is 0.346 e. The van der Waals surface area contributed by atoms with Crippen LogP contribution in [0.4, 0.5) is 5.69 Å². The summed E-state index contributed by atoms with van der Waals surface area (Å²) in [6.45, 7) is 14.9. The predicted octanol–water partition coefficient (Wildman–Crippen LogP) is -0.670. The van der Waals surface area contributed by atoms with E-state index in [9.17, 15) is 9.59 Å². The first-order valence-corrected chi connectivity index (χ1v) is 10.0. The van der Waals surface area contributed by atoms with Gasteiger partial charge in [0, 0.05) is 11.2 Å². The van der Waals surface area contributed by atoms with Gasteiger partial charge in [0.15, 0.2) is 13.1 Å². The molecular formula is C21H36N4O2+2. The molecule has 1 aromatic carbocycles. The minimum Gasteiger partial charge on any atom is -0.346 e. The Morgan fingerprint density at radius 1 is 0.963 bits per heavy atom. The van der Waals surface area contributed by atoms with Crippen molar-refractivity contribution in [3.05, 3.63) is 29.3 Å². The molecule has 150 valence electrons. The number of carbonyl (C=O) groups is 2. The summed E-state index contributed by atoms with van der Waals surface area (Å²) in [6.07, 6.45) is 0.918. The van der Waals surface area contributed by atoms with Crippen molar-refractivity contribution in [1.82, 2.24) is 5.32 Å². The molecule has 0 unspecified atom stereocenters. The normalized spacial score (nSPS) is 20.2. The fourth-order valence-corrected chi connectivity index (χ4v) is 3.47. The molecular weight excluding hydrogens is 340 g/mol. The van der Waals surface area contributed by atoms with Crippen LogP contribution in [0.25, 0.3) is 0 Å². The summed E-state index contributed by atoms with van der Waals surface area (Å²) in [4.78, 5) is 27.2. The highest BCUT2D eigenvalue weighted by molar-refractivity contribution is 5.93. The number of aryl methyl sites for hydroxylation is 2. The first-order chi connectivity index (χ1) is 12.7. The van der Waals surface area contributed by atoms with Crippen molar-refractivity contribution >= 4 is 17.5 Å². The van der Waals surface area contributed by atoms with Crippen LogP contribution in [0, 0.1) is 13.8 Å². The average molecular weight is 377 g/mol. The van der Waals surface area contributed by atoms with E-state index in [2.05, 4.69) is 31.4 Å². The van der Waals surface area contributed by atoms with Gasteiger partial charge in [0.05, 0.1) is 0 Å². The molecule has 0 atom stereocenters. The third-order valence-corrected chi connectivity index (χ3v) is 5.59. The average Bonchev–Trinajstić information content (AvgIpc) is 2.59. The molecule has 6 heteroatoms. The zero-order valence-corrected chi connectivity index (χ0v) is 17.5. The number of quaternary nitrogens is 2. The maximum atomic E-state index is 12.4. The summed E-state index contributed by atoms with van der Waals surface area (Å²) in [7, 11) is 0. The van der Waals surface area contributed by atoms with Crippen LogP contribution in [-0.2, 0) is 9.59 Å². The molecule has 1 saturated heterocycles. The summed E-state index contributed by atoms with van der Waals surface area (Å²) in [5, 5.41) is 6.17. The monoisotopic (exact) mass is 376 g/mol. The summed E-state index contributed by atoms with van der Waals surface area (Å²) in [5.74, 6) is 0.182. The zero-order valence-electron chi connectivity index (χ0n) is 17.5. The predicted molar refractivity (Wildman–Crippen MR) is 108 cm³/mol. The Balaban J connectivity index is 1.76. The van der Waals surface area contributed by atoms with Gasteiger partial charge in [0.2, 0.25) is 0 Å². The third kappa shape index (κ3) is 6.63. The highest BCUT2D eigenvalue weighted by Crippen LogP contribution is 2.18. The molecule has 0 bridgehead atoms. The van der Waals surface area contributed by atoms with E-state index in [1.54, 1.807) is 0 Å². The molecule has 1 heterocycles. The number of benzene rings is 1. The molecule has 0 saturated carbocycles. The maximum absolute atomic E-state index is 12.4. The SMILES string of the molecule is CCC(C)(C)NC(=O)C[NH+]1CC[NH+](CC(=O)Nc2c(C)cccc2C)CC1. The lowest BCUT2D eigenvalue weighted by Crippen LogP contribution is -3.28. The molecule has 1 aliphatic rings. The van der Waals surface area contributed by atoms with E-state index in [4.69, 9.17) is 0 Å². The Labute approximate surface area is 163 Å². The van der Waals surface area contributed by atoms with Crippen LogP contribution in [0.2, 0.25) is 0 Å². The Morgan fingerprint density at radius 3 is 1.93 bits per heavy atom. The fraction of sp³-hybridized carbons (Fsp3) is 0.619. The molecule has 6 nitrogen and oxygen atoms in total. The van der Waals surface area contributed by atoms with Gasteiger partial charge in [-0.1, -0.05) is 25.1 Å². The molecule has 1 aliphatic heterocycles. The van der Waals surface area contributed by atoms with Gasteiger partial charge in [-0.25, -0.2) is 0 Å². The maximum Gasteiger partial charge on any atom is 0.279 e. The first kappa shape index (κ1) is 21.4. The van der Waals surface area contributed by atoms with Gasteiger partial charge < -0.3 is 20.4 Å². The molecule has 27 heavy (non-hydrogen) atoms. The minimum absolute atomic E-state index is 0.0632. The second kappa shape index (κ2) is 9.33. The lowest BCUT2D eigenvalue weighted by atomic mass is 10.0. The third-order valence-electron chi connectivity index (χ3n) is 5.59. The zero-order chi connectivity index (χ0) is 20.0. The number of anilines is 1. The van der Waals surface area contributed by atoms with Crippen molar-refractivity contribution in [1.29, 1.82) is 0 Å². The Bertz CT molecular complexity index is 644. The lowest BCUT2D eigenvalue weighted by Gasteiger charge is -2.30. The van der Waals surface area contributed by atoms with Crippen LogP contribution in [0.15, 0.2) is 18.2 Å². The molecule has 1 aromatic rings. The van der Waals surface area contributed by atoms with Crippen LogP contribution < -0.4 is 20.4 Å². The van der Waals surface area contributed by atoms with E-state index < -0.39 is 0 Å². The topological polar surface area (TPSA) is 67.1 Å². The van der Waals surface area contributed by atoms with Gasteiger partial charge >= 0.3 is 0 Å². The standard InChI is InChI=1S/C21H34N4O2/c1-6-21(4,5)23-19(27)15-25-12-10-24(11-13-25)14-18(26)22-20-16(2)8-7-9-17(20)3/h7-9H,6,10-15H2,1-5H3,(H,22,26)(H,23,27)/p+2. The van der Waals surface area contributed by atoms with Gasteiger partial charge in [-0.05, 0) is 45.2 Å². The Morgan fingerprint density at radius 2 is 1.44 bits per heavy atom. The van der Waals surface area contributed by atoms with Crippen molar-refractivity contribution in [2.24, 2.45) is 0 Å². The van der Waals surface area contributed by atoms with Crippen molar-refractivity contribution < 1.29 is 19.4 Å². The van der Waals surface area contributed by atoms with E-state index in [0.717, 1.165) is 49.4 Å². The van der Waals surface area contributed by atoms with E-state index >= 15 is 0 Å². The van der Waals surface area contributed by atoms with Gasteiger partial charge in [0.1, 0.15) is 26.2 Å². The van der Waals surface area contributed by atoms with E-state index in [1.165, 1.54) is 9.80 Å². The minimum atomic E-state index is -0.143. The molecule has 0 aromatic heterocycles. The van der Waals surface area contributed by atoms with Gasteiger partial charge in [0.25, 0.3) is 11.8 Å². The molecule has 0 aliphatic carbocycles. The lowest BCUT2D eigenvalue weighted by molar-refractivity contribution is -1.00.